The first kappa shape index (κ1) is 19.1. The maximum atomic E-state index is 12.6. The van der Waals surface area contributed by atoms with E-state index in [1.807, 2.05) is 23.1 Å². The molecule has 1 aromatic heterocycles. The van der Waals surface area contributed by atoms with Crippen LogP contribution in [0.2, 0.25) is 0 Å². The van der Waals surface area contributed by atoms with Crippen molar-refractivity contribution in [2.75, 3.05) is 19.6 Å². The van der Waals surface area contributed by atoms with Gasteiger partial charge in [0.1, 0.15) is 0 Å². The Balaban J connectivity index is 1.48. The lowest BCUT2D eigenvalue weighted by Crippen LogP contribution is -2.43. The molecule has 1 aliphatic heterocycles. The van der Waals surface area contributed by atoms with Crippen molar-refractivity contribution < 1.29 is 9.59 Å². The molecule has 5 heteroatoms. The minimum Gasteiger partial charge on any atom is -0.355 e. The smallest absolute Gasteiger partial charge is 0.253 e. The molecule has 1 saturated heterocycles. The number of hydrogen-bond donors (Lipinski definition) is 1. The summed E-state index contributed by atoms with van der Waals surface area (Å²) >= 11 is 0. The number of pyridine rings is 1. The number of rotatable bonds is 6. The van der Waals surface area contributed by atoms with Gasteiger partial charge >= 0.3 is 0 Å². The van der Waals surface area contributed by atoms with E-state index < -0.39 is 0 Å². The van der Waals surface area contributed by atoms with Crippen LogP contribution in [-0.4, -0.2) is 41.3 Å². The molecule has 27 heavy (non-hydrogen) atoms. The summed E-state index contributed by atoms with van der Waals surface area (Å²) in [7, 11) is 0. The molecule has 1 aromatic carbocycles. The third-order valence-electron chi connectivity index (χ3n) is 5.37. The fourth-order valence-corrected chi connectivity index (χ4v) is 3.61. The van der Waals surface area contributed by atoms with Crippen molar-refractivity contribution in [1.29, 1.82) is 0 Å². The Bertz CT molecular complexity index is 741. The van der Waals surface area contributed by atoms with Crippen LogP contribution < -0.4 is 5.32 Å². The molecule has 1 atom stereocenters. The third kappa shape index (κ3) is 4.94. The van der Waals surface area contributed by atoms with E-state index in [0.29, 0.717) is 44.0 Å². The van der Waals surface area contributed by atoms with Gasteiger partial charge in [-0.25, -0.2) is 0 Å². The molecule has 2 amide bonds. The van der Waals surface area contributed by atoms with Gasteiger partial charge in [-0.1, -0.05) is 37.3 Å². The quantitative estimate of drug-likeness (QED) is 0.855. The van der Waals surface area contributed by atoms with Gasteiger partial charge in [0.05, 0.1) is 0 Å². The van der Waals surface area contributed by atoms with Gasteiger partial charge in [0.2, 0.25) is 5.91 Å². The van der Waals surface area contributed by atoms with E-state index in [1.165, 1.54) is 5.56 Å². The molecule has 0 spiro atoms. The van der Waals surface area contributed by atoms with Gasteiger partial charge in [-0.2, -0.15) is 0 Å². The van der Waals surface area contributed by atoms with E-state index in [4.69, 9.17) is 0 Å². The van der Waals surface area contributed by atoms with Crippen LogP contribution in [0.25, 0.3) is 0 Å². The lowest BCUT2D eigenvalue weighted by molar-refractivity contribution is -0.126. The third-order valence-corrected chi connectivity index (χ3v) is 5.37. The number of amides is 2. The highest BCUT2D eigenvalue weighted by Gasteiger charge is 2.28. The molecule has 0 aliphatic carbocycles. The van der Waals surface area contributed by atoms with Crippen LogP contribution in [0.3, 0.4) is 0 Å². The van der Waals surface area contributed by atoms with Gasteiger partial charge in [-0.3, -0.25) is 14.6 Å². The number of benzene rings is 1. The Hall–Kier alpha value is -2.69. The van der Waals surface area contributed by atoms with E-state index in [0.717, 1.165) is 6.42 Å². The first-order valence-electron chi connectivity index (χ1n) is 9.71. The van der Waals surface area contributed by atoms with Crippen molar-refractivity contribution in [3.8, 4) is 0 Å². The van der Waals surface area contributed by atoms with E-state index >= 15 is 0 Å². The molecule has 142 valence electrons. The standard InChI is InChI=1S/C22H27N3O2/c1-2-17(18-6-4-3-5-7-18)16-24-21(26)19-10-14-25(15-11-19)22(27)20-8-12-23-13-9-20/h3-9,12-13,17,19H,2,10-11,14-16H2,1H3,(H,24,26)/t17-/m0/s1. The molecule has 0 saturated carbocycles. The fraction of sp³-hybridized carbons (Fsp3) is 0.409. The number of carbonyl (C=O) groups excluding carboxylic acids is 2. The molecule has 3 rings (SSSR count). The highest BCUT2D eigenvalue weighted by molar-refractivity contribution is 5.94. The van der Waals surface area contributed by atoms with Crippen LogP contribution >= 0.6 is 0 Å². The average Bonchev–Trinajstić information content (AvgIpc) is 2.75. The first-order valence-corrected chi connectivity index (χ1v) is 9.71. The Morgan fingerprint density at radius 1 is 1.11 bits per heavy atom. The molecule has 2 heterocycles. The van der Waals surface area contributed by atoms with Crippen molar-refractivity contribution in [2.24, 2.45) is 5.92 Å². The number of piperidine rings is 1. The summed E-state index contributed by atoms with van der Waals surface area (Å²) in [6.45, 7) is 4.05. The van der Waals surface area contributed by atoms with E-state index in [-0.39, 0.29) is 17.7 Å². The topological polar surface area (TPSA) is 62.3 Å². The van der Waals surface area contributed by atoms with Gasteiger partial charge in [-0.05, 0) is 37.0 Å². The maximum Gasteiger partial charge on any atom is 0.253 e. The summed E-state index contributed by atoms with van der Waals surface area (Å²) in [5.74, 6) is 0.454. The van der Waals surface area contributed by atoms with Crippen molar-refractivity contribution in [3.05, 3.63) is 66.0 Å². The van der Waals surface area contributed by atoms with Gasteiger partial charge in [0, 0.05) is 49.4 Å². The summed E-state index contributed by atoms with van der Waals surface area (Å²) in [6.07, 6.45) is 5.67. The lowest BCUT2D eigenvalue weighted by Gasteiger charge is -2.31. The molecular formula is C22H27N3O2. The van der Waals surface area contributed by atoms with Crippen molar-refractivity contribution >= 4 is 11.8 Å². The zero-order valence-corrected chi connectivity index (χ0v) is 15.8. The first-order chi connectivity index (χ1) is 13.2. The van der Waals surface area contributed by atoms with Gasteiger partial charge in [-0.15, -0.1) is 0 Å². The van der Waals surface area contributed by atoms with E-state index in [1.54, 1.807) is 24.5 Å². The average molecular weight is 365 g/mol. The Morgan fingerprint density at radius 2 is 1.78 bits per heavy atom. The van der Waals surface area contributed by atoms with Crippen molar-refractivity contribution in [1.82, 2.24) is 15.2 Å². The Labute approximate surface area is 160 Å². The molecule has 1 aliphatic rings. The summed E-state index contributed by atoms with van der Waals surface area (Å²) < 4.78 is 0. The SMILES string of the molecule is CC[C@@H](CNC(=O)C1CCN(C(=O)c2ccncc2)CC1)c1ccccc1. The molecule has 0 bridgehead atoms. The highest BCUT2D eigenvalue weighted by Crippen LogP contribution is 2.21. The largest absolute Gasteiger partial charge is 0.355 e. The predicted molar refractivity (Wildman–Crippen MR) is 105 cm³/mol. The second-order valence-electron chi connectivity index (χ2n) is 7.06. The molecule has 1 fully saturated rings. The fourth-order valence-electron chi connectivity index (χ4n) is 3.61. The number of likely N-dealkylation sites (tertiary alicyclic amines) is 1. The zero-order chi connectivity index (χ0) is 19.1. The molecule has 0 unspecified atom stereocenters. The van der Waals surface area contributed by atoms with Gasteiger partial charge in [0.15, 0.2) is 0 Å². The molecule has 2 aromatic rings. The second-order valence-corrected chi connectivity index (χ2v) is 7.06. The summed E-state index contributed by atoms with van der Waals surface area (Å²) in [5.41, 5.74) is 1.92. The minimum atomic E-state index is -0.0141. The second kappa shape index (κ2) is 9.31. The van der Waals surface area contributed by atoms with E-state index in [9.17, 15) is 9.59 Å². The molecular weight excluding hydrogens is 338 g/mol. The van der Waals surface area contributed by atoms with Crippen LogP contribution in [0.15, 0.2) is 54.9 Å². The normalized spacial score (nSPS) is 16.0. The van der Waals surface area contributed by atoms with Crippen LogP contribution in [0.1, 0.15) is 48.0 Å². The van der Waals surface area contributed by atoms with Crippen LogP contribution in [0.5, 0.6) is 0 Å². The number of carbonyl (C=O) groups is 2. The van der Waals surface area contributed by atoms with Crippen molar-refractivity contribution in [3.63, 3.8) is 0 Å². The highest BCUT2D eigenvalue weighted by atomic mass is 16.2. The summed E-state index contributed by atoms with van der Waals surface area (Å²) in [4.78, 5) is 30.8. The number of nitrogens with zero attached hydrogens (tertiary/aromatic N) is 2. The lowest BCUT2D eigenvalue weighted by atomic mass is 9.93. The number of hydrogen-bond acceptors (Lipinski definition) is 3. The molecule has 5 nitrogen and oxygen atoms in total. The Morgan fingerprint density at radius 3 is 2.41 bits per heavy atom. The van der Waals surface area contributed by atoms with Crippen LogP contribution in [-0.2, 0) is 4.79 Å². The predicted octanol–water partition coefficient (Wildman–Crippen LogP) is 3.24. The minimum absolute atomic E-state index is 0.0141. The summed E-state index contributed by atoms with van der Waals surface area (Å²) in [5, 5.41) is 3.13. The number of nitrogens with one attached hydrogen (secondary N) is 1. The zero-order valence-electron chi connectivity index (χ0n) is 15.8. The molecule has 0 radical (unpaired) electrons. The molecule has 1 N–H and O–H groups in total. The Kier molecular flexibility index (Phi) is 6.58. The van der Waals surface area contributed by atoms with Gasteiger partial charge in [0.25, 0.3) is 5.91 Å². The maximum absolute atomic E-state index is 12.6. The monoisotopic (exact) mass is 365 g/mol. The van der Waals surface area contributed by atoms with Gasteiger partial charge < -0.3 is 10.2 Å². The van der Waals surface area contributed by atoms with E-state index in [2.05, 4.69) is 29.4 Å². The van der Waals surface area contributed by atoms with Crippen molar-refractivity contribution in [2.45, 2.75) is 32.1 Å². The van der Waals surface area contributed by atoms with Crippen LogP contribution in [0.4, 0.5) is 0 Å². The summed E-state index contributed by atoms with van der Waals surface area (Å²) in [6, 6.07) is 13.8. The number of aromatic nitrogens is 1. The van der Waals surface area contributed by atoms with Crippen LogP contribution in [0, 0.1) is 5.92 Å².